The summed E-state index contributed by atoms with van der Waals surface area (Å²) >= 11 is 6.20. The number of ether oxygens (including phenoxy) is 1. The second-order valence-corrected chi connectivity index (χ2v) is 7.60. The van der Waals surface area contributed by atoms with Gasteiger partial charge in [-0.05, 0) is 30.7 Å². The molecule has 4 aromatic rings. The summed E-state index contributed by atoms with van der Waals surface area (Å²) in [6.45, 7) is 0.521. The van der Waals surface area contributed by atoms with Crippen molar-refractivity contribution in [1.29, 1.82) is 0 Å². The maximum Gasteiger partial charge on any atom is 0.260 e. The Morgan fingerprint density at radius 1 is 1.13 bits per heavy atom. The highest BCUT2D eigenvalue weighted by atomic mass is 35.5. The molecule has 1 amide bonds. The summed E-state index contributed by atoms with van der Waals surface area (Å²) in [5.74, 6) is 1.23. The van der Waals surface area contributed by atoms with Gasteiger partial charge in [-0.25, -0.2) is 0 Å². The highest BCUT2D eigenvalue weighted by molar-refractivity contribution is 6.35. The molecule has 0 aliphatic heterocycles. The van der Waals surface area contributed by atoms with Crippen LogP contribution in [0.5, 0.6) is 5.75 Å². The van der Waals surface area contributed by atoms with E-state index in [0.717, 1.165) is 28.8 Å². The Labute approximate surface area is 185 Å². The van der Waals surface area contributed by atoms with Crippen LogP contribution < -0.4 is 4.74 Å². The fraction of sp³-hybridized carbons (Fsp3) is 0.208. The van der Waals surface area contributed by atoms with Gasteiger partial charge in [-0.2, -0.15) is 0 Å². The highest BCUT2D eigenvalue weighted by Gasteiger charge is 2.13. The lowest BCUT2D eigenvalue weighted by molar-refractivity contribution is -0.132. The Morgan fingerprint density at radius 2 is 1.97 bits per heavy atom. The summed E-state index contributed by atoms with van der Waals surface area (Å²) < 4.78 is 11.2. The number of aryl methyl sites for hydroxylation is 1. The molecule has 2 aromatic heterocycles. The van der Waals surface area contributed by atoms with Crippen LogP contribution in [0.3, 0.4) is 0 Å². The number of benzene rings is 2. The number of hydrogen-bond acceptors (Lipinski definition) is 5. The molecule has 0 saturated carbocycles. The van der Waals surface area contributed by atoms with Gasteiger partial charge < -0.3 is 14.2 Å². The van der Waals surface area contributed by atoms with Crippen LogP contribution in [0.1, 0.15) is 12.2 Å². The third-order valence-corrected chi connectivity index (χ3v) is 5.33. The van der Waals surface area contributed by atoms with Crippen molar-refractivity contribution in [1.82, 2.24) is 15.0 Å². The molecule has 0 fully saturated rings. The quantitative estimate of drug-likeness (QED) is 0.389. The minimum Gasteiger partial charge on any atom is -0.481 e. The molecule has 7 heteroatoms. The van der Waals surface area contributed by atoms with Crippen LogP contribution in [0.25, 0.3) is 22.2 Å². The molecule has 0 unspecified atom stereocenters. The van der Waals surface area contributed by atoms with Gasteiger partial charge in [0.05, 0.1) is 5.02 Å². The third kappa shape index (κ3) is 5.03. The molecule has 4 rings (SSSR count). The van der Waals surface area contributed by atoms with Gasteiger partial charge in [0, 0.05) is 43.2 Å². The molecule has 0 atom stereocenters. The van der Waals surface area contributed by atoms with Crippen LogP contribution in [0.4, 0.5) is 0 Å². The van der Waals surface area contributed by atoms with Gasteiger partial charge in [0.1, 0.15) is 22.7 Å². The zero-order valence-corrected chi connectivity index (χ0v) is 17.9. The monoisotopic (exact) mass is 435 g/mol. The van der Waals surface area contributed by atoms with E-state index < -0.39 is 0 Å². The van der Waals surface area contributed by atoms with Gasteiger partial charge >= 0.3 is 0 Å². The van der Waals surface area contributed by atoms with Crippen LogP contribution in [-0.2, 0) is 11.2 Å². The van der Waals surface area contributed by atoms with Gasteiger partial charge in [-0.15, -0.1) is 0 Å². The molecular weight excluding hydrogens is 414 g/mol. The van der Waals surface area contributed by atoms with Crippen molar-refractivity contribution in [3.8, 4) is 17.0 Å². The third-order valence-electron chi connectivity index (χ3n) is 5.00. The molecule has 0 N–H and O–H groups in total. The van der Waals surface area contributed by atoms with Crippen molar-refractivity contribution in [2.24, 2.45) is 0 Å². The normalized spacial score (nSPS) is 10.9. The number of aromatic nitrogens is 2. The molecule has 0 aliphatic rings. The summed E-state index contributed by atoms with van der Waals surface area (Å²) in [7, 11) is 1.76. The standard InChI is InChI=1S/C24H22ClN3O3/c1-28(14-6-9-18-15-21(27-31-18)17-7-3-2-4-8-17)23(29)16-30-22-12-11-20(25)19-10-5-13-26-24(19)22/h2-5,7-8,10-13,15H,6,9,14,16H2,1H3. The Balaban J connectivity index is 1.27. The summed E-state index contributed by atoms with van der Waals surface area (Å²) in [5.41, 5.74) is 2.48. The van der Waals surface area contributed by atoms with E-state index in [2.05, 4.69) is 10.1 Å². The van der Waals surface area contributed by atoms with Crippen molar-refractivity contribution in [3.05, 3.63) is 77.6 Å². The minimum atomic E-state index is -0.110. The smallest absolute Gasteiger partial charge is 0.260 e. The number of carbonyl (C=O) groups is 1. The fourth-order valence-electron chi connectivity index (χ4n) is 3.27. The molecule has 31 heavy (non-hydrogen) atoms. The van der Waals surface area contributed by atoms with Gasteiger partial charge in [0.25, 0.3) is 5.91 Å². The van der Waals surface area contributed by atoms with E-state index in [1.54, 1.807) is 30.3 Å². The van der Waals surface area contributed by atoms with E-state index in [9.17, 15) is 4.79 Å². The number of fused-ring (bicyclic) bond motifs is 1. The van der Waals surface area contributed by atoms with Crippen LogP contribution in [0.2, 0.25) is 5.02 Å². The average molecular weight is 436 g/mol. The number of likely N-dealkylation sites (N-methyl/N-ethyl adjacent to an activating group) is 1. The van der Waals surface area contributed by atoms with E-state index in [0.29, 0.717) is 29.3 Å². The summed E-state index contributed by atoms with van der Waals surface area (Å²) in [4.78, 5) is 18.4. The Hall–Kier alpha value is -3.38. The maximum atomic E-state index is 12.5. The lowest BCUT2D eigenvalue weighted by Crippen LogP contribution is -2.32. The number of rotatable bonds is 8. The molecule has 0 spiro atoms. The zero-order valence-electron chi connectivity index (χ0n) is 17.1. The van der Waals surface area contributed by atoms with Gasteiger partial charge in [0.2, 0.25) is 0 Å². The van der Waals surface area contributed by atoms with E-state index in [1.807, 2.05) is 48.5 Å². The predicted octanol–water partition coefficient (Wildman–Crippen LogP) is 5.01. The van der Waals surface area contributed by atoms with E-state index >= 15 is 0 Å². The van der Waals surface area contributed by atoms with Gasteiger partial charge in [0.15, 0.2) is 6.61 Å². The number of hydrogen-bond donors (Lipinski definition) is 0. The first-order valence-electron chi connectivity index (χ1n) is 10.0. The first kappa shape index (κ1) is 20.9. The largest absolute Gasteiger partial charge is 0.481 e. The zero-order chi connectivity index (χ0) is 21.6. The highest BCUT2D eigenvalue weighted by Crippen LogP contribution is 2.29. The van der Waals surface area contributed by atoms with Crippen molar-refractivity contribution in [2.75, 3.05) is 20.2 Å². The van der Waals surface area contributed by atoms with Crippen LogP contribution in [0.15, 0.2) is 71.4 Å². The van der Waals surface area contributed by atoms with Crippen molar-refractivity contribution >= 4 is 28.4 Å². The first-order chi connectivity index (χ1) is 15.1. The van der Waals surface area contributed by atoms with Crippen LogP contribution >= 0.6 is 11.6 Å². The molecule has 0 bridgehead atoms. The topological polar surface area (TPSA) is 68.5 Å². The Bertz CT molecular complexity index is 1180. The molecule has 0 radical (unpaired) electrons. The summed E-state index contributed by atoms with van der Waals surface area (Å²) in [6.07, 6.45) is 3.13. The molecule has 2 aromatic carbocycles. The molecule has 158 valence electrons. The van der Waals surface area contributed by atoms with Crippen molar-refractivity contribution < 1.29 is 14.1 Å². The number of pyridine rings is 1. The molecule has 2 heterocycles. The lowest BCUT2D eigenvalue weighted by atomic mass is 10.1. The van der Waals surface area contributed by atoms with Crippen molar-refractivity contribution in [2.45, 2.75) is 12.8 Å². The average Bonchev–Trinajstić information content (AvgIpc) is 3.28. The molecule has 6 nitrogen and oxygen atoms in total. The fourth-order valence-corrected chi connectivity index (χ4v) is 3.48. The minimum absolute atomic E-state index is 0.0652. The first-order valence-corrected chi connectivity index (χ1v) is 10.4. The van der Waals surface area contributed by atoms with Gasteiger partial charge in [-0.3, -0.25) is 9.78 Å². The summed E-state index contributed by atoms with van der Waals surface area (Å²) in [5, 5.41) is 5.52. The number of nitrogens with zero attached hydrogens (tertiary/aromatic N) is 3. The predicted molar refractivity (Wildman–Crippen MR) is 120 cm³/mol. The van der Waals surface area contributed by atoms with E-state index in [1.165, 1.54) is 0 Å². The lowest BCUT2D eigenvalue weighted by Gasteiger charge is -2.17. The Morgan fingerprint density at radius 3 is 2.81 bits per heavy atom. The van der Waals surface area contributed by atoms with E-state index in [4.69, 9.17) is 20.9 Å². The molecular formula is C24H22ClN3O3. The van der Waals surface area contributed by atoms with Crippen molar-refractivity contribution in [3.63, 3.8) is 0 Å². The summed E-state index contributed by atoms with van der Waals surface area (Å²) in [6, 6.07) is 19.0. The molecule has 0 saturated heterocycles. The number of halogens is 1. The van der Waals surface area contributed by atoms with Gasteiger partial charge in [-0.1, -0.05) is 47.1 Å². The molecule has 0 aliphatic carbocycles. The second-order valence-electron chi connectivity index (χ2n) is 7.20. The van der Waals surface area contributed by atoms with Crippen LogP contribution in [-0.4, -0.2) is 41.1 Å². The van der Waals surface area contributed by atoms with E-state index in [-0.39, 0.29) is 12.5 Å². The SMILES string of the molecule is CN(CCCc1cc(-c2ccccc2)no1)C(=O)COc1ccc(Cl)c2cccnc12. The number of carbonyl (C=O) groups excluding carboxylic acids is 1. The Kier molecular flexibility index (Phi) is 6.48. The van der Waals surface area contributed by atoms with Crippen LogP contribution in [0, 0.1) is 0 Å². The number of amides is 1. The second kappa shape index (κ2) is 9.62. The maximum absolute atomic E-state index is 12.5.